The van der Waals surface area contributed by atoms with Crippen molar-refractivity contribution in [3.8, 4) is 0 Å². The van der Waals surface area contributed by atoms with Crippen LogP contribution >= 0.6 is 27.5 Å². The molecule has 0 bridgehead atoms. The Labute approximate surface area is 139 Å². The quantitative estimate of drug-likeness (QED) is 0.848. The summed E-state index contributed by atoms with van der Waals surface area (Å²) in [6, 6.07) is 5.82. The van der Waals surface area contributed by atoms with Crippen LogP contribution in [0.2, 0.25) is 5.02 Å². The van der Waals surface area contributed by atoms with E-state index in [0.717, 1.165) is 60.6 Å². The van der Waals surface area contributed by atoms with Crippen molar-refractivity contribution >= 4 is 27.5 Å². The van der Waals surface area contributed by atoms with E-state index >= 15 is 0 Å². The highest BCUT2D eigenvalue weighted by molar-refractivity contribution is 9.10. The number of rotatable bonds is 2. The second-order valence-corrected chi connectivity index (χ2v) is 7.38. The molecule has 2 fully saturated rings. The van der Waals surface area contributed by atoms with E-state index < -0.39 is 0 Å². The zero-order chi connectivity index (χ0) is 14.9. The third kappa shape index (κ3) is 3.45. The maximum Gasteiger partial charge on any atom is 0.0729 e. The Kier molecular flexibility index (Phi) is 4.91. The largest absolute Gasteiger partial charge is 0.381 e. The minimum Gasteiger partial charge on any atom is -0.381 e. The van der Waals surface area contributed by atoms with Gasteiger partial charge in [0.15, 0.2) is 0 Å². The Hall–Kier alpha value is -0.130. The van der Waals surface area contributed by atoms with E-state index in [4.69, 9.17) is 26.8 Å². The lowest BCUT2D eigenvalue weighted by molar-refractivity contribution is -0.149. The van der Waals surface area contributed by atoms with Gasteiger partial charge in [0.2, 0.25) is 0 Å². The second-order valence-electron chi connectivity index (χ2n) is 6.09. The van der Waals surface area contributed by atoms with Crippen molar-refractivity contribution < 1.29 is 9.47 Å². The molecule has 21 heavy (non-hydrogen) atoms. The summed E-state index contributed by atoms with van der Waals surface area (Å²) in [5, 5.41) is 0.733. The SMILES string of the molecule is NC(c1cc(Cl)ccc1Br)C1CCOC2(CCOCC2)C1. The van der Waals surface area contributed by atoms with Gasteiger partial charge in [-0.05, 0) is 55.4 Å². The molecule has 2 aliphatic rings. The van der Waals surface area contributed by atoms with Crippen molar-refractivity contribution in [1.82, 2.24) is 0 Å². The number of hydrogen-bond donors (Lipinski definition) is 1. The van der Waals surface area contributed by atoms with Gasteiger partial charge in [0.1, 0.15) is 0 Å². The van der Waals surface area contributed by atoms with Crippen molar-refractivity contribution in [2.45, 2.75) is 37.3 Å². The summed E-state index contributed by atoms with van der Waals surface area (Å²) >= 11 is 9.72. The van der Waals surface area contributed by atoms with Gasteiger partial charge in [-0.15, -0.1) is 0 Å². The number of benzene rings is 1. The van der Waals surface area contributed by atoms with Gasteiger partial charge in [-0.25, -0.2) is 0 Å². The van der Waals surface area contributed by atoms with Gasteiger partial charge in [0, 0.05) is 35.4 Å². The first-order valence-electron chi connectivity index (χ1n) is 7.52. The molecule has 2 saturated heterocycles. The van der Waals surface area contributed by atoms with Crippen molar-refractivity contribution in [3.63, 3.8) is 0 Å². The van der Waals surface area contributed by atoms with Crippen LogP contribution in [0.4, 0.5) is 0 Å². The average Bonchev–Trinajstić information content (AvgIpc) is 2.50. The minimum absolute atomic E-state index is 0.0123. The molecule has 1 aromatic carbocycles. The smallest absolute Gasteiger partial charge is 0.0729 e. The van der Waals surface area contributed by atoms with E-state index in [2.05, 4.69) is 15.9 Å². The van der Waals surface area contributed by atoms with Crippen LogP contribution in [-0.2, 0) is 9.47 Å². The van der Waals surface area contributed by atoms with E-state index in [1.54, 1.807) is 0 Å². The molecule has 2 atom stereocenters. The highest BCUT2D eigenvalue weighted by atomic mass is 79.9. The summed E-state index contributed by atoms with van der Waals surface area (Å²) in [6.45, 7) is 2.38. The fraction of sp³-hybridized carbons (Fsp3) is 0.625. The summed E-state index contributed by atoms with van der Waals surface area (Å²) in [5.74, 6) is 0.423. The van der Waals surface area contributed by atoms with Crippen LogP contribution in [-0.4, -0.2) is 25.4 Å². The molecule has 1 spiro atoms. The highest BCUT2D eigenvalue weighted by Gasteiger charge is 2.41. The summed E-state index contributed by atoms with van der Waals surface area (Å²) < 4.78 is 12.6. The lowest BCUT2D eigenvalue weighted by atomic mass is 9.76. The van der Waals surface area contributed by atoms with Gasteiger partial charge < -0.3 is 15.2 Å². The van der Waals surface area contributed by atoms with Gasteiger partial charge in [0.05, 0.1) is 5.60 Å². The molecule has 0 amide bonds. The number of nitrogens with two attached hydrogens (primary N) is 1. The van der Waals surface area contributed by atoms with Crippen LogP contribution in [0.3, 0.4) is 0 Å². The summed E-state index contributed by atoms with van der Waals surface area (Å²) in [4.78, 5) is 0. The van der Waals surface area contributed by atoms with Crippen LogP contribution in [0.25, 0.3) is 0 Å². The summed E-state index contributed by atoms with van der Waals surface area (Å²) in [7, 11) is 0. The molecule has 2 heterocycles. The normalized spacial score (nSPS) is 26.7. The summed E-state index contributed by atoms with van der Waals surface area (Å²) in [5.41, 5.74) is 7.62. The molecule has 2 unspecified atom stereocenters. The zero-order valence-electron chi connectivity index (χ0n) is 12.0. The third-order valence-electron chi connectivity index (χ3n) is 4.76. The van der Waals surface area contributed by atoms with Gasteiger partial charge in [-0.1, -0.05) is 27.5 Å². The maximum atomic E-state index is 6.55. The number of ether oxygens (including phenoxy) is 2. The van der Waals surface area contributed by atoms with E-state index in [1.165, 1.54) is 0 Å². The lowest BCUT2D eigenvalue weighted by Crippen LogP contribution is -2.46. The average molecular weight is 375 g/mol. The fourth-order valence-electron chi connectivity index (χ4n) is 3.49. The highest BCUT2D eigenvalue weighted by Crippen LogP contribution is 2.42. The van der Waals surface area contributed by atoms with Crippen LogP contribution in [0, 0.1) is 5.92 Å². The lowest BCUT2D eigenvalue weighted by Gasteiger charge is -2.45. The first-order valence-corrected chi connectivity index (χ1v) is 8.69. The molecule has 3 rings (SSSR count). The molecular formula is C16H21BrClNO2. The van der Waals surface area contributed by atoms with Gasteiger partial charge in [-0.3, -0.25) is 0 Å². The molecule has 2 aliphatic heterocycles. The van der Waals surface area contributed by atoms with E-state index in [1.807, 2.05) is 18.2 Å². The van der Waals surface area contributed by atoms with E-state index in [-0.39, 0.29) is 11.6 Å². The molecular weight excluding hydrogens is 354 g/mol. The predicted octanol–water partition coefficient (Wildman–Crippen LogP) is 4.08. The molecule has 5 heteroatoms. The number of halogens is 2. The monoisotopic (exact) mass is 373 g/mol. The van der Waals surface area contributed by atoms with Crippen LogP contribution in [0.5, 0.6) is 0 Å². The van der Waals surface area contributed by atoms with Crippen molar-refractivity contribution in [1.29, 1.82) is 0 Å². The first-order chi connectivity index (χ1) is 10.1. The van der Waals surface area contributed by atoms with E-state index in [0.29, 0.717) is 5.92 Å². The van der Waals surface area contributed by atoms with E-state index in [9.17, 15) is 0 Å². The number of hydrogen-bond acceptors (Lipinski definition) is 3. The molecule has 1 aromatic rings. The molecule has 116 valence electrons. The van der Waals surface area contributed by atoms with Crippen LogP contribution < -0.4 is 5.73 Å². The second kappa shape index (κ2) is 6.55. The van der Waals surface area contributed by atoms with Crippen LogP contribution in [0.1, 0.15) is 37.3 Å². The molecule has 0 aromatic heterocycles. The molecule has 2 N–H and O–H groups in total. The van der Waals surface area contributed by atoms with Gasteiger partial charge >= 0.3 is 0 Å². The molecule has 0 saturated carbocycles. The predicted molar refractivity (Wildman–Crippen MR) is 87.5 cm³/mol. The fourth-order valence-corrected chi connectivity index (χ4v) is 4.18. The topological polar surface area (TPSA) is 44.5 Å². The molecule has 3 nitrogen and oxygen atoms in total. The minimum atomic E-state index is -0.0240. The van der Waals surface area contributed by atoms with Crippen molar-refractivity contribution in [2.24, 2.45) is 11.7 Å². The van der Waals surface area contributed by atoms with Crippen molar-refractivity contribution in [2.75, 3.05) is 19.8 Å². The maximum absolute atomic E-state index is 6.55. The standard InChI is InChI=1S/C16H21BrClNO2/c17-14-2-1-12(18)9-13(14)15(19)11-3-6-21-16(10-11)4-7-20-8-5-16/h1-2,9,11,15H,3-8,10,19H2. The summed E-state index contributed by atoms with van der Waals surface area (Å²) in [6.07, 6.45) is 3.97. The molecule has 0 aliphatic carbocycles. The van der Waals surface area contributed by atoms with Gasteiger partial charge in [0.25, 0.3) is 0 Å². The van der Waals surface area contributed by atoms with Crippen LogP contribution in [0.15, 0.2) is 22.7 Å². The first kappa shape index (κ1) is 15.8. The zero-order valence-corrected chi connectivity index (χ0v) is 14.3. The van der Waals surface area contributed by atoms with Gasteiger partial charge in [-0.2, -0.15) is 0 Å². The Bertz CT molecular complexity index is 500. The Morgan fingerprint density at radius 3 is 2.81 bits per heavy atom. The Morgan fingerprint density at radius 1 is 1.29 bits per heavy atom. The Morgan fingerprint density at radius 2 is 2.05 bits per heavy atom. The molecule has 0 radical (unpaired) electrons. The third-order valence-corrected chi connectivity index (χ3v) is 5.72. The Balaban J connectivity index is 1.77. The van der Waals surface area contributed by atoms with Crippen molar-refractivity contribution in [3.05, 3.63) is 33.3 Å².